The van der Waals surface area contributed by atoms with Crippen molar-refractivity contribution >= 4 is 11.3 Å². The lowest BCUT2D eigenvalue weighted by Gasteiger charge is -2.41. The Morgan fingerprint density at radius 3 is 2.14 bits per heavy atom. The summed E-state index contributed by atoms with van der Waals surface area (Å²) in [5.74, 6) is 1.36. The van der Waals surface area contributed by atoms with Crippen LogP contribution in [-0.2, 0) is 0 Å². The zero-order chi connectivity index (χ0) is 34.2. The predicted molar refractivity (Wildman–Crippen MR) is 216 cm³/mol. The highest BCUT2D eigenvalue weighted by molar-refractivity contribution is 5.73. The van der Waals surface area contributed by atoms with E-state index in [2.05, 4.69) is 144 Å². The molecule has 7 aliphatic rings. The summed E-state index contributed by atoms with van der Waals surface area (Å²) in [6.07, 6.45) is 46.4. The topological polar surface area (TPSA) is 6.48 Å². The minimum absolute atomic E-state index is 0.285. The monoisotopic (exact) mass is 670 g/mol. The SMILES string of the molecule is CC12CC=CCC1N(c1ccc(-c3ccc(C4=CC=CCC4)cc3)cc1)C1CC(N(C3=CCCC=C3)C3=CCC(C4=CC=CCC4)CC3)=CCC12. The average molecular weight is 671 g/mol. The first-order valence-corrected chi connectivity index (χ1v) is 20.1. The van der Waals surface area contributed by atoms with Crippen molar-refractivity contribution in [1.82, 2.24) is 4.90 Å². The van der Waals surface area contributed by atoms with Gasteiger partial charge in [0, 0.05) is 41.3 Å². The van der Waals surface area contributed by atoms with Gasteiger partial charge in [-0.15, -0.1) is 0 Å². The molecule has 1 saturated heterocycles. The van der Waals surface area contributed by atoms with Crippen LogP contribution in [0.15, 0.2) is 150 Å². The maximum atomic E-state index is 2.88. The number of nitrogens with zero attached hydrogens (tertiary/aromatic N) is 2. The molecule has 0 bridgehead atoms. The lowest BCUT2D eigenvalue weighted by atomic mass is 9.65. The lowest BCUT2D eigenvalue weighted by Crippen LogP contribution is -2.42. The molecule has 1 fully saturated rings. The molecule has 1 aliphatic heterocycles. The molecule has 6 aliphatic carbocycles. The van der Waals surface area contributed by atoms with Crippen LogP contribution in [0.4, 0.5) is 5.69 Å². The van der Waals surface area contributed by atoms with Crippen molar-refractivity contribution in [2.24, 2.45) is 17.3 Å². The molecule has 2 aromatic rings. The minimum Gasteiger partial charge on any atom is -0.364 e. The van der Waals surface area contributed by atoms with Crippen LogP contribution in [0.25, 0.3) is 16.7 Å². The van der Waals surface area contributed by atoms with E-state index < -0.39 is 0 Å². The maximum absolute atomic E-state index is 2.88. The molecule has 0 spiro atoms. The molecule has 0 saturated carbocycles. The second-order valence-corrected chi connectivity index (χ2v) is 16.3. The van der Waals surface area contributed by atoms with Crippen molar-refractivity contribution in [3.05, 3.63) is 156 Å². The largest absolute Gasteiger partial charge is 0.364 e. The van der Waals surface area contributed by atoms with E-state index in [1.807, 2.05) is 0 Å². The standard InChI is InChI=1S/C49H54N2/c1-49-34-12-11-19-48(49)51(44-30-26-41(27-31-44)39-22-20-38(21-23-39)36-13-5-2-6-14-36)47-35-45(32-33-46(47)49)50(42-17-9-4-10-18-42)43-28-24-40(25-29-43)37-15-7-3-8-16-37/h2-3,5,7,9,11-13,15,17-18,20-23,26-28,30-32,40,46-48H,4,6,8,10,14,16,19,24-25,29,33-35H2,1H3. The zero-order valence-corrected chi connectivity index (χ0v) is 30.5. The molecule has 260 valence electrons. The Hall–Kier alpha value is -4.30. The molecule has 9 rings (SSSR count). The van der Waals surface area contributed by atoms with Gasteiger partial charge in [-0.2, -0.15) is 0 Å². The van der Waals surface area contributed by atoms with E-state index in [4.69, 9.17) is 0 Å². The number of fused-ring (bicyclic) bond motifs is 3. The van der Waals surface area contributed by atoms with Crippen LogP contribution >= 0.6 is 0 Å². The van der Waals surface area contributed by atoms with Crippen LogP contribution in [-0.4, -0.2) is 17.0 Å². The average Bonchev–Trinajstić information content (AvgIpc) is 3.47. The highest BCUT2D eigenvalue weighted by Gasteiger charge is 2.57. The number of hydrogen-bond acceptors (Lipinski definition) is 2. The Morgan fingerprint density at radius 2 is 1.43 bits per heavy atom. The second-order valence-electron chi connectivity index (χ2n) is 16.3. The van der Waals surface area contributed by atoms with Gasteiger partial charge in [-0.1, -0.05) is 122 Å². The molecule has 5 unspecified atom stereocenters. The van der Waals surface area contributed by atoms with Crippen LogP contribution in [0.1, 0.15) is 96.0 Å². The maximum Gasteiger partial charge on any atom is 0.0411 e. The van der Waals surface area contributed by atoms with E-state index >= 15 is 0 Å². The van der Waals surface area contributed by atoms with E-state index in [-0.39, 0.29) is 5.41 Å². The highest BCUT2D eigenvalue weighted by Crippen LogP contribution is 2.57. The normalized spacial score (nSPS) is 29.7. The van der Waals surface area contributed by atoms with Gasteiger partial charge in [-0.25, -0.2) is 0 Å². The van der Waals surface area contributed by atoms with Crippen molar-refractivity contribution in [2.45, 2.75) is 102 Å². The zero-order valence-electron chi connectivity index (χ0n) is 30.5. The summed E-state index contributed by atoms with van der Waals surface area (Å²) in [6, 6.07) is 19.9. The summed E-state index contributed by atoms with van der Waals surface area (Å²) in [5, 5.41) is 0. The molecule has 51 heavy (non-hydrogen) atoms. The third-order valence-electron chi connectivity index (χ3n) is 13.4. The fourth-order valence-electron chi connectivity index (χ4n) is 10.6. The van der Waals surface area contributed by atoms with Crippen LogP contribution in [0, 0.1) is 17.3 Å². The van der Waals surface area contributed by atoms with Gasteiger partial charge in [0.05, 0.1) is 0 Å². The number of benzene rings is 2. The Bertz CT molecular complexity index is 1900. The molecular weight excluding hydrogens is 617 g/mol. The van der Waals surface area contributed by atoms with Crippen LogP contribution in [0.2, 0.25) is 0 Å². The Labute approximate surface area is 306 Å². The number of anilines is 1. The molecule has 0 radical (unpaired) electrons. The van der Waals surface area contributed by atoms with Crippen LogP contribution < -0.4 is 4.90 Å². The van der Waals surface area contributed by atoms with E-state index in [1.165, 1.54) is 77.1 Å². The molecule has 2 aromatic carbocycles. The van der Waals surface area contributed by atoms with Gasteiger partial charge in [-0.05, 0) is 135 Å². The Kier molecular flexibility index (Phi) is 8.96. The second kappa shape index (κ2) is 14.0. The van der Waals surface area contributed by atoms with Gasteiger partial charge in [0.15, 0.2) is 0 Å². The molecular formula is C49H54N2. The van der Waals surface area contributed by atoms with Gasteiger partial charge in [-0.3, -0.25) is 0 Å². The molecule has 2 nitrogen and oxygen atoms in total. The molecule has 0 N–H and O–H groups in total. The third-order valence-corrected chi connectivity index (χ3v) is 13.4. The Balaban J connectivity index is 1.00. The van der Waals surface area contributed by atoms with Crippen molar-refractivity contribution in [2.75, 3.05) is 4.90 Å². The van der Waals surface area contributed by atoms with E-state index in [9.17, 15) is 0 Å². The van der Waals surface area contributed by atoms with E-state index in [0.29, 0.717) is 23.9 Å². The number of allylic oxidation sites excluding steroid dienone is 15. The summed E-state index contributed by atoms with van der Waals surface area (Å²) in [5.41, 5.74) is 13.2. The predicted octanol–water partition coefficient (Wildman–Crippen LogP) is 12.8. The van der Waals surface area contributed by atoms with E-state index in [1.54, 1.807) is 5.57 Å². The fraction of sp³-hybridized carbons (Fsp3) is 0.388. The minimum atomic E-state index is 0.285. The summed E-state index contributed by atoms with van der Waals surface area (Å²) >= 11 is 0. The highest BCUT2D eigenvalue weighted by atomic mass is 15.3. The van der Waals surface area contributed by atoms with Gasteiger partial charge >= 0.3 is 0 Å². The lowest BCUT2D eigenvalue weighted by molar-refractivity contribution is 0.181. The van der Waals surface area contributed by atoms with Gasteiger partial charge in [0.2, 0.25) is 0 Å². The molecule has 1 heterocycles. The van der Waals surface area contributed by atoms with Crippen LogP contribution in [0.3, 0.4) is 0 Å². The van der Waals surface area contributed by atoms with Crippen molar-refractivity contribution < 1.29 is 0 Å². The smallest absolute Gasteiger partial charge is 0.0411 e. The summed E-state index contributed by atoms with van der Waals surface area (Å²) in [7, 11) is 0. The van der Waals surface area contributed by atoms with Crippen molar-refractivity contribution in [3.63, 3.8) is 0 Å². The first-order chi connectivity index (χ1) is 25.2. The molecule has 2 heteroatoms. The first kappa shape index (κ1) is 32.6. The third kappa shape index (κ3) is 6.19. The summed E-state index contributed by atoms with van der Waals surface area (Å²) < 4.78 is 0. The van der Waals surface area contributed by atoms with Crippen LogP contribution in [0.5, 0.6) is 0 Å². The summed E-state index contributed by atoms with van der Waals surface area (Å²) in [6.45, 7) is 2.61. The Morgan fingerprint density at radius 1 is 0.667 bits per heavy atom. The van der Waals surface area contributed by atoms with Crippen molar-refractivity contribution in [1.29, 1.82) is 0 Å². The summed E-state index contributed by atoms with van der Waals surface area (Å²) in [4.78, 5) is 5.60. The number of hydrogen-bond donors (Lipinski definition) is 0. The van der Waals surface area contributed by atoms with Crippen molar-refractivity contribution in [3.8, 4) is 11.1 Å². The number of rotatable bonds is 7. The molecule has 0 aromatic heterocycles. The first-order valence-electron chi connectivity index (χ1n) is 20.1. The molecule has 0 amide bonds. The van der Waals surface area contributed by atoms with Gasteiger partial charge < -0.3 is 9.80 Å². The fourth-order valence-corrected chi connectivity index (χ4v) is 10.6. The van der Waals surface area contributed by atoms with E-state index in [0.717, 1.165) is 51.4 Å². The molecule has 5 atom stereocenters. The van der Waals surface area contributed by atoms with Gasteiger partial charge in [0.25, 0.3) is 0 Å². The quantitative estimate of drug-likeness (QED) is 0.271. The van der Waals surface area contributed by atoms with Gasteiger partial charge in [0.1, 0.15) is 0 Å².